The Bertz CT molecular complexity index is 698. The van der Waals surface area contributed by atoms with E-state index in [1.165, 1.54) is 25.3 Å². The number of carbonyl (C=O) groups is 1. The van der Waals surface area contributed by atoms with Crippen molar-refractivity contribution in [2.45, 2.75) is 24.2 Å². The predicted molar refractivity (Wildman–Crippen MR) is 96.5 cm³/mol. The van der Waals surface area contributed by atoms with Gasteiger partial charge in [-0.25, -0.2) is 13.1 Å². The average molecular weight is 369 g/mol. The first-order valence-corrected chi connectivity index (χ1v) is 9.95. The summed E-state index contributed by atoms with van der Waals surface area (Å²) >= 11 is 0. The van der Waals surface area contributed by atoms with E-state index >= 15 is 0 Å². The van der Waals surface area contributed by atoms with Crippen molar-refractivity contribution in [2.75, 3.05) is 47.4 Å². The van der Waals surface area contributed by atoms with Crippen LogP contribution in [-0.4, -0.2) is 71.5 Å². The van der Waals surface area contributed by atoms with E-state index in [4.69, 9.17) is 4.74 Å². The second kappa shape index (κ2) is 8.64. The van der Waals surface area contributed by atoms with Gasteiger partial charge in [-0.15, -0.1) is 0 Å². The highest BCUT2D eigenvalue weighted by atomic mass is 32.2. The van der Waals surface area contributed by atoms with Crippen molar-refractivity contribution in [1.29, 1.82) is 0 Å². The van der Waals surface area contributed by atoms with Gasteiger partial charge in [0.1, 0.15) is 5.75 Å². The minimum atomic E-state index is -3.66. The first-order valence-electron chi connectivity index (χ1n) is 8.47. The molecule has 1 fully saturated rings. The topological polar surface area (TPSA) is 79.0 Å². The van der Waals surface area contributed by atoms with Crippen molar-refractivity contribution in [3.05, 3.63) is 23.8 Å². The highest BCUT2D eigenvalue weighted by Crippen LogP contribution is 2.25. The summed E-state index contributed by atoms with van der Waals surface area (Å²) in [5.74, 6) is 0.211. The first-order chi connectivity index (χ1) is 11.8. The van der Waals surface area contributed by atoms with Crippen molar-refractivity contribution in [2.24, 2.45) is 0 Å². The molecule has 1 aromatic carbocycles. The van der Waals surface area contributed by atoms with Gasteiger partial charge in [-0.1, -0.05) is 0 Å². The zero-order chi connectivity index (χ0) is 18.4. The lowest BCUT2D eigenvalue weighted by Gasteiger charge is -2.18. The van der Waals surface area contributed by atoms with Crippen molar-refractivity contribution in [3.8, 4) is 5.75 Å². The molecule has 7 nitrogen and oxygen atoms in total. The number of methoxy groups -OCH3 is 1. The Morgan fingerprint density at radius 3 is 2.56 bits per heavy atom. The number of nitrogens with zero attached hydrogens (tertiary/aromatic N) is 2. The van der Waals surface area contributed by atoms with E-state index in [1.807, 2.05) is 19.0 Å². The Morgan fingerprint density at radius 1 is 1.28 bits per heavy atom. The molecule has 0 aliphatic carbocycles. The molecule has 140 valence electrons. The predicted octanol–water partition coefficient (Wildman–Crippen LogP) is 1.16. The summed E-state index contributed by atoms with van der Waals surface area (Å²) < 4.78 is 32.8. The second-order valence-electron chi connectivity index (χ2n) is 6.42. The molecule has 1 heterocycles. The molecule has 0 radical (unpaired) electrons. The third kappa shape index (κ3) is 5.17. The van der Waals surface area contributed by atoms with Crippen LogP contribution in [0.25, 0.3) is 0 Å². The van der Waals surface area contributed by atoms with Crippen LogP contribution in [0, 0.1) is 0 Å². The lowest BCUT2D eigenvalue weighted by Crippen LogP contribution is -2.29. The Hall–Kier alpha value is -1.64. The summed E-state index contributed by atoms with van der Waals surface area (Å²) in [7, 11) is 1.70. The SMILES string of the molecule is COc1ccc(S(=O)(=O)NCCCN(C)C)cc1C(=O)N1CCCC1. The van der Waals surface area contributed by atoms with E-state index in [0.717, 1.165) is 19.4 Å². The van der Waals surface area contributed by atoms with Crippen LogP contribution in [0.4, 0.5) is 0 Å². The largest absolute Gasteiger partial charge is 0.496 e. The first kappa shape index (κ1) is 19.7. The number of sulfonamides is 1. The number of benzene rings is 1. The molecule has 1 aliphatic heterocycles. The fourth-order valence-electron chi connectivity index (χ4n) is 2.80. The van der Waals surface area contributed by atoms with Gasteiger partial charge in [0.25, 0.3) is 5.91 Å². The van der Waals surface area contributed by atoms with Crippen molar-refractivity contribution in [1.82, 2.24) is 14.5 Å². The maximum absolute atomic E-state index is 12.7. The van der Waals surface area contributed by atoms with Gasteiger partial charge in [0.05, 0.1) is 17.6 Å². The molecule has 1 amide bonds. The van der Waals surface area contributed by atoms with Crippen LogP contribution in [0.1, 0.15) is 29.6 Å². The molecule has 1 aromatic rings. The van der Waals surface area contributed by atoms with E-state index in [1.54, 1.807) is 4.90 Å². The minimum Gasteiger partial charge on any atom is -0.496 e. The van der Waals surface area contributed by atoms with Crippen LogP contribution < -0.4 is 9.46 Å². The maximum atomic E-state index is 12.7. The summed E-state index contributed by atoms with van der Waals surface area (Å²) in [5, 5.41) is 0. The normalized spacial score (nSPS) is 15.0. The quantitative estimate of drug-likeness (QED) is 0.696. The number of ether oxygens (including phenoxy) is 1. The summed E-state index contributed by atoms with van der Waals surface area (Å²) in [4.78, 5) is 16.5. The number of rotatable bonds is 8. The number of hydrogen-bond acceptors (Lipinski definition) is 5. The van der Waals surface area contributed by atoms with Crippen LogP contribution in [0.3, 0.4) is 0 Å². The van der Waals surface area contributed by atoms with Crippen LogP contribution in [0.5, 0.6) is 5.75 Å². The minimum absolute atomic E-state index is 0.0840. The molecular formula is C17H27N3O4S. The number of hydrogen-bond donors (Lipinski definition) is 1. The standard InChI is InChI=1S/C17H27N3O4S/c1-19(2)10-6-9-18-25(22,23)14-7-8-16(24-3)15(13-14)17(21)20-11-4-5-12-20/h7-8,13,18H,4-6,9-12H2,1-3H3. The Balaban J connectivity index is 2.18. The van der Waals surface area contributed by atoms with E-state index < -0.39 is 10.0 Å². The smallest absolute Gasteiger partial charge is 0.257 e. The lowest BCUT2D eigenvalue weighted by atomic mass is 10.1. The molecule has 0 bridgehead atoms. The molecule has 0 saturated carbocycles. The van der Waals surface area contributed by atoms with Crippen LogP contribution >= 0.6 is 0 Å². The zero-order valence-electron chi connectivity index (χ0n) is 15.1. The van der Waals surface area contributed by atoms with Crippen molar-refractivity contribution in [3.63, 3.8) is 0 Å². The summed E-state index contributed by atoms with van der Waals surface area (Å²) in [6, 6.07) is 4.42. The number of nitrogens with one attached hydrogen (secondary N) is 1. The molecule has 1 N–H and O–H groups in total. The summed E-state index contributed by atoms with van der Waals surface area (Å²) in [6.45, 7) is 2.54. The molecule has 25 heavy (non-hydrogen) atoms. The fraction of sp³-hybridized carbons (Fsp3) is 0.588. The maximum Gasteiger partial charge on any atom is 0.257 e. The van der Waals surface area contributed by atoms with Gasteiger partial charge in [-0.2, -0.15) is 0 Å². The Morgan fingerprint density at radius 2 is 1.96 bits per heavy atom. The molecule has 1 saturated heterocycles. The number of carbonyl (C=O) groups excluding carboxylic acids is 1. The van der Waals surface area contributed by atoms with Gasteiger partial charge in [-0.05, 0) is 58.1 Å². The highest BCUT2D eigenvalue weighted by Gasteiger charge is 2.25. The lowest BCUT2D eigenvalue weighted by molar-refractivity contribution is 0.0789. The molecule has 0 atom stereocenters. The van der Waals surface area contributed by atoms with E-state index in [2.05, 4.69) is 4.72 Å². The van der Waals surface area contributed by atoms with E-state index in [-0.39, 0.29) is 10.8 Å². The molecule has 0 spiro atoms. The van der Waals surface area contributed by atoms with E-state index in [0.29, 0.717) is 37.4 Å². The van der Waals surface area contributed by atoms with Gasteiger partial charge < -0.3 is 14.5 Å². The van der Waals surface area contributed by atoms with E-state index in [9.17, 15) is 13.2 Å². The molecule has 1 aliphatic rings. The van der Waals surface area contributed by atoms with Gasteiger partial charge in [0.15, 0.2) is 0 Å². The van der Waals surface area contributed by atoms with Gasteiger partial charge in [-0.3, -0.25) is 4.79 Å². The van der Waals surface area contributed by atoms with Gasteiger partial charge >= 0.3 is 0 Å². The molecule has 0 unspecified atom stereocenters. The van der Waals surface area contributed by atoms with Gasteiger partial charge in [0, 0.05) is 19.6 Å². The van der Waals surface area contributed by atoms with Crippen LogP contribution in [0.2, 0.25) is 0 Å². The molecule has 2 rings (SSSR count). The van der Waals surface area contributed by atoms with Crippen molar-refractivity contribution >= 4 is 15.9 Å². The third-order valence-corrected chi connectivity index (χ3v) is 5.64. The fourth-order valence-corrected chi connectivity index (χ4v) is 3.90. The number of likely N-dealkylation sites (tertiary alicyclic amines) is 1. The third-order valence-electron chi connectivity index (χ3n) is 4.18. The monoisotopic (exact) mass is 369 g/mol. The van der Waals surface area contributed by atoms with Crippen LogP contribution in [-0.2, 0) is 10.0 Å². The molecule has 0 aromatic heterocycles. The molecule has 8 heteroatoms. The summed E-state index contributed by atoms with van der Waals surface area (Å²) in [5.41, 5.74) is 0.292. The average Bonchev–Trinajstić information content (AvgIpc) is 3.12. The Kier molecular flexibility index (Phi) is 6.80. The molecular weight excluding hydrogens is 342 g/mol. The van der Waals surface area contributed by atoms with Gasteiger partial charge in [0.2, 0.25) is 10.0 Å². The Labute approximate surface area is 150 Å². The summed E-state index contributed by atoms with van der Waals surface area (Å²) in [6.07, 6.45) is 2.65. The highest BCUT2D eigenvalue weighted by molar-refractivity contribution is 7.89. The van der Waals surface area contributed by atoms with Crippen LogP contribution in [0.15, 0.2) is 23.1 Å². The second-order valence-corrected chi connectivity index (χ2v) is 8.18. The number of amides is 1. The van der Waals surface area contributed by atoms with Crippen molar-refractivity contribution < 1.29 is 17.9 Å². The zero-order valence-corrected chi connectivity index (χ0v) is 15.9.